The second-order valence-electron chi connectivity index (χ2n) is 4.63. The predicted molar refractivity (Wildman–Crippen MR) is 66.3 cm³/mol. The van der Waals surface area contributed by atoms with E-state index in [9.17, 15) is 9.59 Å². The zero-order valence-corrected chi connectivity index (χ0v) is 10.8. The molecular formula is C12H22N2O4. The molecule has 104 valence electrons. The van der Waals surface area contributed by atoms with Crippen LogP contribution in [0.25, 0.3) is 0 Å². The molecule has 6 heteroatoms. The van der Waals surface area contributed by atoms with Gasteiger partial charge < -0.3 is 20.4 Å². The third-order valence-electron chi connectivity index (χ3n) is 3.34. The van der Waals surface area contributed by atoms with Gasteiger partial charge in [-0.2, -0.15) is 0 Å². The fourth-order valence-corrected chi connectivity index (χ4v) is 2.23. The van der Waals surface area contributed by atoms with Gasteiger partial charge in [0.1, 0.15) is 0 Å². The van der Waals surface area contributed by atoms with Crippen LogP contribution in [0.3, 0.4) is 0 Å². The summed E-state index contributed by atoms with van der Waals surface area (Å²) < 4.78 is 0. The van der Waals surface area contributed by atoms with Gasteiger partial charge in [0.05, 0.1) is 0 Å². The van der Waals surface area contributed by atoms with E-state index in [4.69, 9.17) is 10.2 Å². The highest BCUT2D eigenvalue weighted by Gasteiger charge is 2.25. The van der Waals surface area contributed by atoms with Gasteiger partial charge in [-0.15, -0.1) is 0 Å². The maximum absolute atomic E-state index is 11.9. The molecule has 2 amide bonds. The van der Waals surface area contributed by atoms with E-state index in [-0.39, 0.29) is 25.0 Å². The number of nitrogens with one attached hydrogen (secondary N) is 1. The van der Waals surface area contributed by atoms with Gasteiger partial charge in [-0.25, -0.2) is 9.59 Å². The van der Waals surface area contributed by atoms with Crippen molar-refractivity contribution in [2.45, 2.75) is 51.2 Å². The monoisotopic (exact) mass is 258 g/mol. The maximum atomic E-state index is 11.9. The van der Waals surface area contributed by atoms with Crippen LogP contribution in [0.5, 0.6) is 0 Å². The molecule has 0 spiro atoms. The summed E-state index contributed by atoms with van der Waals surface area (Å²) in [5.41, 5.74) is 0. The number of hydrogen-bond donors (Lipinski definition) is 3. The van der Waals surface area contributed by atoms with Crippen LogP contribution in [0.2, 0.25) is 0 Å². The minimum Gasteiger partial charge on any atom is -0.479 e. The van der Waals surface area contributed by atoms with Crippen molar-refractivity contribution in [1.29, 1.82) is 0 Å². The number of carbonyl (C=O) groups excluding carboxylic acids is 1. The number of rotatable bonds is 5. The lowest BCUT2D eigenvalue weighted by molar-refractivity contribution is -0.146. The van der Waals surface area contributed by atoms with Crippen molar-refractivity contribution in [3.05, 3.63) is 0 Å². The van der Waals surface area contributed by atoms with Gasteiger partial charge in [0.2, 0.25) is 0 Å². The number of hydrogen-bond acceptors (Lipinski definition) is 3. The van der Waals surface area contributed by atoms with Crippen LogP contribution in [0.4, 0.5) is 4.79 Å². The number of carboxylic acids is 1. The lowest BCUT2D eigenvalue weighted by atomic mass is 10.0. The van der Waals surface area contributed by atoms with E-state index in [2.05, 4.69) is 12.2 Å². The van der Waals surface area contributed by atoms with Crippen LogP contribution in [-0.2, 0) is 4.79 Å². The normalized spacial score (nSPS) is 21.4. The minimum atomic E-state index is -1.41. The van der Waals surface area contributed by atoms with Crippen molar-refractivity contribution in [2.75, 3.05) is 13.1 Å². The van der Waals surface area contributed by atoms with Crippen LogP contribution in [0.15, 0.2) is 0 Å². The van der Waals surface area contributed by atoms with Gasteiger partial charge in [0, 0.05) is 25.6 Å². The number of aliphatic hydroxyl groups is 1. The van der Waals surface area contributed by atoms with Gasteiger partial charge in [0.25, 0.3) is 0 Å². The Morgan fingerprint density at radius 3 is 2.78 bits per heavy atom. The third-order valence-corrected chi connectivity index (χ3v) is 3.34. The predicted octanol–water partition coefficient (Wildman–Crippen LogP) is 0.796. The molecule has 0 aromatic rings. The average Bonchev–Trinajstić information content (AvgIpc) is 2.38. The summed E-state index contributed by atoms with van der Waals surface area (Å²) in [5, 5.41) is 20.3. The quantitative estimate of drug-likeness (QED) is 0.680. The van der Waals surface area contributed by atoms with E-state index in [0.29, 0.717) is 0 Å². The van der Waals surface area contributed by atoms with Crippen molar-refractivity contribution in [3.8, 4) is 0 Å². The fraction of sp³-hybridized carbons (Fsp3) is 0.833. The number of aliphatic carboxylic acids is 1. The average molecular weight is 258 g/mol. The van der Waals surface area contributed by atoms with Crippen molar-refractivity contribution >= 4 is 12.0 Å². The number of carboxylic acid groups (broad SMARTS) is 1. The van der Waals surface area contributed by atoms with Crippen LogP contribution >= 0.6 is 0 Å². The van der Waals surface area contributed by atoms with Crippen LogP contribution in [-0.4, -0.2) is 52.3 Å². The number of likely N-dealkylation sites (tertiary alicyclic amines) is 1. The fourth-order valence-electron chi connectivity index (χ4n) is 2.23. The van der Waals surface area contributed by atoms with Crippen molar-refractivity contribution in [2.24, 2.45) is 0 Å². The maximum Gasteiger partial charge on any atom is 0.332 e. The summed E-state index contributed by atoms with van der Waals surface area (Å²) in [7, 11) is 0. The lowest BCUT2D eigenvalue weighted by Gasteiger charge is -2.35. The Morgan fingerprint density at radius 2 is 2.17 bits per heavy atom. The summed E-state index contributed by atoms with van der Waals surface area (Å²) in [6, 6.07) is 0.127. The molecule has 1 heterocycles. The molecule has 2 atom stereocenters. The first-order valence-electron chi connectivity index (χ1n) is 6.51. The minimum absolute atomic E-state index is 0.0334. The third kappa shape index (κ3) is 4.18. The Kier molecular flexibility index (Phi) is 5.91. The number of nitrogens with zero attached hydrogens (tertiary/aromatic N) is 1. The summed E-state index contributed by atoms with van der Waals surface area (Å²) in [4.78, 5) is 24.1. The first-order chi connectivity index (χ1) is 8.56. The molecule has 0 saturated carbocycles. The molecule has 18 heavy (non-hydrogen) atoms. The largest absolute Gasteiger partial charge is 0.479 e. The highest BCUT2D eigenvalue weighted by Crippen LogP contribution is 2.19. The number of aliphatic hydroxyl groups excluding tert-OH is 1. The number of piperidine rings is 1. The molecule has 3 N–H and O–H groups in total. The summed E-state index contributed by atoms with van der Waals surface area (Å²) in [6.07, 6.45) is 2.76. The molecule has 1 aliphatic rings. The van der Waals surface area contributed by atoms with E-state index in [0.717, 1.165) is 32.2 Å². The van der Waals surface area contributed by atoms with Gasteiger partial charge in [-0.1, -0.05) is 6.92 Å². The molecule has 1 fully saturated rings. The molecular weight excluding hydrogens is 236 g/mol. The first kappa shape index (κ1) is 14.8. The smallest absolute Gasteiger partial charge is 0.332 e. The molecule has 0 aromatic heterocycles. The van der Waals surface area contributed by atoms with Crippen LogP contribution in [0.1, 0.15) is 39.0 Å². The lowest BCUT2D eigenvalue weighted by Crippen LogP contribution is -2.49. The Morgan fingerprint density at radius 1 is 1.44 bits per heavy atom. The standard InChI is InChI=1S/C12H22N2O4/c1-2-9-5-3-4-8-14(9)12(18)13-7-6-10(15)11(16)17/h9-10,15H,2-8H2,1H3,(H,13,18)(H,16,17)/t9?,10-/m0/s1. The Labute approximate surface area is 107 Å². The Bertz CT molecular complexity index is 296. The van der Waals surface area contributed by atoms with Gasteiger partial charge in [-0.3, -0.25) is 0 Å². The molecule has 6 nitrogen and oxygen atoms in total. The topological polar surface area (TPSA) is 89.9 Å². The number of amides is 2. The molecule has 0 aliphatic carbocycles. The van der Waals surface area contributed by atoms with Gasteiger partial charge in [-0.05, 0) is 25.7 Å². The highest BCUT2D eigenvalue weighted by molar-refractivity contribution is 5.75. The second-order valence-corrected chi connectivity index (χ2v) is 4.63. The summed E-state index contributed by atoms with van der Waals surface area (Å²) >= 11 is 0. The Balaban J connectivity index is 2.33. The second kappa shape index (κ2) is 7.20. The van der Waals surface area contributed by atoms with Crippen LogP contribution < -0.4 is 5.32 Å². The van der Waals surface area contributed by atoms with E-state index in [1.807, 2.05) is 4.90 Å². The van der Waals surface area contributed by atoms with Crippen molar-refractivity contribution in [3.63, 3.8) is 0 Å². The first-order valence-corrected chi connectivity index (χ1v) is 6.51. The van der Waals surface area contributed by atoms with E-state index in [1.54, 1.807) is 0 Å². The zero-order valence-electron chi connectivity index (χ0n) is 10.8. The summed E-state index contributed by atoms with van der Waals surface area (Å²) in [5.74, 6) is -1.26. The van der Waals surface area contributed by atoms with Crippen molar-refractivity contribution < 1.29 is 19.8 Å². The number of carbonyl (C=O) groups is 2. The highest BCUT2D eigenvalue weighted by atomic mass is 16.4. The molecule has 1 aliphatic heterocycles. The number of urea groups is 1. The molecule has 0 bridgehead atoms. The van der Waals surface area contributed by atoms with E-state index >= 15 is 0 Å². The van der Waals surface area contributed by atoms with Gasteiger partial charge >= 0.3 is 12.0 Å². The van der Waals surface area contributed by atoms with E-state index in [1.165, 1.54) is 0 Å². The van der Waals surface area contributed by atoms with Crippen molar-refractivity contribution in [1.82, 2.24) is 10.2 Å². The molecule has 0 aromatic carbocycles. The molecule has 1 unspecified atom stereocenters. The SMILES string of the molecule is CCC1CCCCN1C(=O)NCC[C@H](O)C(=O)O. The summed E-state index contributed by atoms with van der Waals surface area (Å²) in [6.45, 7) is 3.00. The zero-order chi connectivity index (χ0) is 13.5. The van der Waals surface area contributed by atoms with Crippen LogP contribution in [0, 0.1) is 0 Å². The molecule has 1 rings (SSSR count). The Hall–Kier alpha value is -1.30. The molecule has 0 radical (unpaired) electrons. The van der Waals surface area contributed by atoms with Gasteiger partial charge in [0.15, 0.2) is 6.10 Å². The van der Waals surface area contributed by atoms with E-state index < -0.39 is 12.1 Å². The molecule has 1 saturated heterocycles.